The summed E-state index contributed by atoms with van der Waals surface area (Å²) in [4.78, 5) is 0. The second-order valence-corrected chi connectivity index (χ2v) is 3.50. The molecule has 1 aromatic rings. The third-order valence-corrected chi connectivity index (χ3v) is 2.51. The van der Waals surface area contributed by atoms with Crippen molar-refractivity contribution in [3.8, 4) is 0 Å². The van der Waals surface area contributed by atoms with Crippen molar-refractivity contribution in [1.29, 1.82) is 0 Å². The molecular weight excluding hydrogens is 181 g/mol. The molecule has 3 heteroatoms. The lowest BCUT2D eigenvalue weighted by molar-refractivity contribution is 0.165. The zero-order chi connectivity index (χ0) is 10.7. The third kappa shape index (κ3) is 2.11. The number of hydrogen-bond acceptors (Lipinski definition) is 2. The van der Waals surface area contributed by atoms with Crippen LogP contribution in [-0.4, -0.2) is 11.7 Å². The Morgan fingerprint density at radius 1 is 1.43 bits per heavy atom. The van der Waals surface area contributed by atoms with E-state index in [0.29, 0.717) is 18.5 Å². The molecule has 1 aromatic carbocycles. The van der Waals surface area contributed by atoms with Crippen LogP contribution >= 0.6 is 0 Å². The molecular formula is C11H16FNO. The van der Waals surface area contributed by atoms with Gasteiger partial charge in [-0.1, -0.05) is 6.07 Å². The molecule has 1 unspecified atom stereocenters. The minimum atomic E-state index is -0.792. The highest BCUT2D eigenvalue weighted by Crippen LogP contribution is 2.25. The minimum absolute atomic E-state index is 0.353. The number of halogens is 1. The average Bonchev–Trinajstić information content (AvgIpc) is 2.13. The van der Waals surface area contributed by atoms with E-state index in [-0.39, 0.29) is 5.82 Å². The van der Waals surface area contributed by atoms with E-state index in [0.717, 1.165) is 11.1 Å². The Labute approximate surface area is 83.6 Å². The van der Waals surface area contributed by atoms with Crippen LogP contribution in [0.5, 0.6) is 0 Å². The van der Waals surface area contributed by atoms with Crippen molar-refractivity contribution < 1.29 is 9.50 Å². The summed E-state index contributed by atoms with van der Waals surface area (Å²) in [5.74, 6) is -0.353. The zero-order valence-corrected chi connectivity index (χ0v) is 8.55. The highest BCUT2D eigenvalue weighted by atomic mass is 19.1. The monoisotopic (exact) mass is 197 g/mol. The van der Waals surface area contributed by atoms with Gasteiger partial charge >= 0.3 is 0 Å². The van der Waals surface area contributed by atoms with Crippen molar-refractivity contribution in [3.05, 3.63) is 34.6 Å². The van der Waals surface area contributed by atoms with E-state index < -0.39 is 6.10 Å². The SMILES string of the molecule is Cc1ccc(F)c(C(O)CCN)c1C. The zero-order valence-electron chi connectivity index (χ0n) is 8.55. The molecule has 0 saturated carbocycles. The van der Waals surface area contributed by atoms with Crippen molar-refractivity contribution in [2.75, 3.05) is 6.54 Å². The van der Waals surface area contributed by atoms with Gasteiger partial charge in [0.05, 0.1) is 6.10 Å². The second-order valence-electron chi connectivity index (χ2n) is 3.50. The first-order valence-corrected chi connectivity index (χ1v) is 4.71. The van der Waals surface area contributed by atoms with E-state index in [9.17, 15) is 9.50 Å². The van der Waals surface area contributed by atoms with Gasteiger partial charge in [0.15, 0.2) is 0 Å². The Morgan fingerprint density at radius 3 is 2.64 bits per heavy atom. The summed E-state index contributed by atoms with van der Waals surface area (Å²) in [5, 5.41) is 9.69. The van der Waals surface area contributed by atoms with Crippen LogP contribution in [0.15, 0.2) is 12.1 Å². The van der Waals surface area contributed by atoms with Gasteiger partial charge in [0.1, 0.15) is 5.82 Å². The van der Waals surface area contributed by atoms with Gasteiger partial charge in [-0.25, -0.2) is 4.39 Å². The lowest BCUT2D eigenvalue weighted by Gasteiger charge is -2.15. The Morgan fingerprint density at radius 2 is 2.07 bits per heavy atom. The fourth-order valence-corrected chi connectivity index (χ4v) is 1.52. The average molecular weight is 197 g/mol. The fraction of sp³-hybridized carbons (Fsp3) is 0.455. The maximum Gasteiger partial charge on any atom is 0.129 e. The molecule has 78 valence electrons. The highest BCUT2D eigenvalue weighted by Gasteiger charge is 2.15. The number of rotatable bonds is 3. The van der Waals surface area contributed by atoms with Gasteiger partial charge in [-0.3, -0.25) is 0 Å². The number of hydrogen-bond donors (Lipinski definition) is 2. The van der Waals surface area contributed by atoms with E-state index in [4.69, 9.17) is 5.73 Å². The lowest BCUT2D eigenvalue weighted by atomic mass is 9.97. The molecule has 0 radical (unpaired) electrons. The predicted octanol–water partition coefficient (Wildman–Crippen LogP) is 1.82. The molecule has 2 nitrogen and oxygen atoms in total. The summed E-state index contributed by atoms with van der Waals surface area (Å²) < 4.78 is 13.4. The van der Waals surface area contributed by atoms with Crippen molar-refractivity contribution in [1.82, 2.24) is 0 Å². The predicted molar refractivity (Wildman–Crippen MR) is 54.5 cm³/mol. The van der Waals surface area contributed by atoms with Crippen LogP contribution in [0.25, 0.3) is 0 Å². The van der Waals surface area contributed by atoms with Crippen LogP contribution in [0, 0.1) is 19.7 Å². The van der Waals surface area contributed by atoms with Crippen LogP contribution in [0.3, 0.4) is 0 Å². The van der Waals surface area contributed by atoms with Crippen LogP contribution in [-0.2, 0) is 0 Å². The summed E-state index contributed by atoms with van der Waals surface area (Å²) >= 11 is 0. The van der Waals surface area contributed by atoms with Crippen LogP contribution in [0.2, 0.25) is 0 Å². The molecule has 0 fully saturated rings. The molecule has 0 aromatic heterocycles. The maximum absolute atomic E-state index is 13.4. The quantitative estimate of drug-likeness (QED) is 0.776. The number of nitrogens with two attached hydrogens (primary N) is 1. The molecule has 0 spiro atoms. The van der Waals surface area contributed by atoms with Crippen LogP contribution in [0.1, 0.15) is 29.2 Å². The van der Waals surface area contributed by atoms with E-state index >= 15 is 0 Å². The second kappa shape index (κ2) is 4.53. The Bertz CT molecular complexity index is 325. The van der Waals surface area contributed by atoms with Crippen molar-refractivity contribution in [2.45, 2.75) is 26.4 Å². The maximum atomic E-state index is 13.4. The summed E-state index contributed by atoms with van der Waals surface area (Å²) in [5.41, 5.74) is 7.50. The van der Waals surface area contributed by atoms with Crippen molar-refractivity contribution in [3.63, 3.8) is 0 Å². The van der Waals surface area contributed by atoms with E-state index in [2.05, 4.69) is 0 Å². The van der Waals surface area contributed by atoms with E-state index in [1.165, 1.54) is 6.07 Å². The van der Waals surface area contributed by atoms with Gasteiger partial charge in [0, 0.05) is 5.56 Å². The fourth-order valence-electron chi connectivity index (χ4n) is 1.52. The van der Waals surface area contributed by atoms with Crippen LogP contribution < -0.4 is 5.73 Å². The van der Waals surface area contributed by atoms with Crippen LogP contribution in [0.4, 0.5) is 4.39 Å². The van der Waals surface area contributed by atoms with Gasteiger partial charge in [0.25, 0.3) is 0 Å². The number of aliphatic hydroxyl groups excluding tert-OH is 1. The lowest BCUT2D eigenvalue weighted by Crippen LogP contribution is -2.10. The molecule has 3 N–H and O–H groups in total. The van der Waals surface area contributed by atoms with Crippen molar-refractivity contribution >= 4 is 0 Å². The number of aliphatic hydroxyl groups is 1. The number of aryl methyl sites for hydroxylation is 1. The molecule has 0 saturated heterocycles. The molecule has 0 aliphatic carbocycles. The third-order valence-electron chi connectivity index (χ3n) is 2.51. The topological polar surface area (TPSA) is 46.2 Å². The van der Waals surface area contributed by atoms with Gasteiger partial charge in [-0.05, 0) is 44.0 Å². The Balaban J connectivity index is 3.11. The summed E-state index contributed by atoms with van der Waals surface area (Å²) in [6.45, 7) is 4.06. The standard InChI is InChI=1S/C11H16FNO/c1-7-3-4-9(12)11(8(7)2)10(14)5-6-13/h3-4,10,14H,5-6,13H2,1-2H3. The Kier molecular flexibility index (Phi) is 3.61. The minimum Gasteiger partial charge on any atom is -0.388 e. The van der Waals surface area contributed by atoms with Crippen molar-refractivity contribution in [2.24, 2.45) is 5.73 Å². The van der Waals surface area contributed by atoms with Gasteiger partial charge in [0.2, 0.25) is 0 Å². The summed E-state index contributed by atoms with van der Waals surface area (Å²) in [6, 6.07) is 3.10. The molecule has 0 aliphatic rings. The van der Waals surface area contributed by atoms with Gasteiger partial charge in [-0.15, -0.1) is 0 Å². The first-order valence-electron chi connectivity index (χ1n) is 4.71. The molecule has 0 aliphatic heterocycles. The summed E-state index contributed by atoms with van der Waals surface area (Å²) in [6.07, 6.45) is -0.402. The molecule has 1 atom stereocenters. The molecule has 0 bridgehead atoms. The molecule has 0 heterocycles. The smallest absolute Gasteiger partial charge is 0.129 e. The molecule has 0 amide bonds. The summed E-state index contributed by atoms with van der Waals surface area (Å²) in [7, 11) is 0. The van der Waals surface area contributed by atoms with Gasteiger partial charge in [-0.2, -0.15) is 0 Å². The number of benzene rings is 1. The first-order chi connectivity index (χ1) is 6.57. The molecule has 1 rings (SSSR count). The normalized spacial score (nSPS) is 12.9. The molecule has 14 heavy (non-hydrogen) atoms. The highest BCUT2D eigenvalue weighted by molar-refractivity contribution is 5.35. The van der Waals surface area contributed by atoms with E-state index in [1.807, 2.05) is 13.8 Å². The van der Waals surface area contributed by atoms with Gasteiger partial charge < -0.3 is 10.8 Å². The largest absolute Gasteiger partial charge is 0.388 e. The Hall–Kier alpha value is -0.930. The van der Waals surface area contributed by atoms with E-state index in [1.54, 1.807) is 6.07 Å². The first kappa shape index (κ1) is 11.1.